The van der Waals surface area contributed by atoms with E-state index in [9.17, 15) is 5.11 Å². The SMILES string of the molecule is CCCCCc1c(C)cc(C)c(C)c1O. The van der Waals surface area contributed by atoms with Gasteiger partial charge >= 0.3 is 0 Å². The molecule has 0 spiro atoms. The van der Waals surface area contributed by atoms with Gasteiger partial charge in [-0.25, -0.2) is 0 Å². The lowest BCUT2D eigenvalue weighted by Gasteiger charge is -2.13. The molecule has 0 fully saturated rings. The van der Waals surface area contributed by atoms with Crippen LogP contribution in [0.5, 0.6) is 5.75 Å². The van der Waals surface area contributed by atoms with E-state index in [1.807, 2.05) is 6.92 Å². The number of benzene rings is 1. The van der Waals surface area contributed by atoms with Gasteiger partial charge in [0.1, 0.15) is 5.75 Å². The third-order valence-corrected chi connectivity index (χ3v) is 3.17. The first-order chi connectivity index (χ1) is 7.07. The van der Waals surface area contributed by atoms with Gasteiger partial charge in [0.25, 0.3) is 0 Å². The van der Waals surface area contributed by atoms with Crippen molar-refractivity contribution in [3.05, 3.63) is 28.3 Å². The smallest absolute Gasteiger partial charge is 0.122 e. The maximum absolute atomic E-state index is 10.1. The van der Waals surface area contributed by atoms with Crippen LogP contribution in [0.15, 0.2) is 6.07 Å². The van der Waals surface area contributed by atoms with E-state index in [1.165, 1.54) is 30.4 Å². The van der Waals surface area contributed by atoms with Gasteiger partial charge in [0, 0.05) is 0 Å². The van der Waals surface area contributed by atoms with Gasteiger partial charge in [0.15, 0.2) is 0 Å². The standard InChI is InChI=1S/C14H22O/c1-5-6-7-8-13-11(3)9-10(2)12(4)14(13)15/h9,15H,5-8H2,1-4H3. The van der Waals surface area contributed by atoms with Gasteiger partial charge in [-0.2, -0.15) is 0 Å². The molecule has 0 atom stereocenters. The predicted octanol–water partition coefficient (Wildman–Crippen LogP) is 4.05. The number of phenols is 1. The van der Waals surface area contributed by atoms with Gasteiger partial charge in [-0.15, -0.1) is 0 Å². The Hall–Kier alpha value is -0.980. The fraction of sp³-hybridized carbons (Fsp3) is 0.571. The van der Waals surface area contributed by atoms with Crippen molar-refractivity contribution in [2.45, 2.75) is 53.4 Å². The molecule has 0 saturated carbocycles. The second kappa shape index (κ2) is 5.20. The zero-order chi connectivity index (χ0) is 11.4. The number of aryl methyl sites for hydroxylation is 2. The maximum atomic E-state index is 10.1. The molecule has 84 valence electrons. The van der Waals surface area contributed by atoms with E-state index in [2.05, 4.69) is 26.8 Å². The molecule has 15 heavy (non-hydrogen) atoms. The van der Waals surface area contributed by atoms with E-state index >= 15 is 0 Å². The summed E-state index contributed by atoms with van der Waals surface area (Å²) in [5, 5.41) is 10.1. The Balaban J connectivity index is 2.92. The summed E-state index contributed by atoms with van der Waals surface area (Å²) in [6.07, 6.45) is 4.65. The molecule has 1 aromatic rings. The van der Waals surface area contributed by atoms with Gasteiger partial charge < -0.3 is 5.11 Å². The second-order valence-electron chi connectivity index (χ2n) is 4.42. The molecule has 0 aliphatic carbocycles. The van der Waals surface area contributed by atoms with Crippen LogP contribution in [0.1, 0.15) is 48.4 Å². The average Bonchev–Trinajstić information content (AvgIpc) is 2.20. The Morgan fingerprint density at radius 3 is 2.33 bits per heavy atom. The Morgan fingerprint density at radius 1 is 1.07 bits per heavy atom. The molecule has 0 unspecified atom stereocenters. The molecule has 0 bridgehead atoms. The molecule has 1 heteroatoms. The summed E-state index contributed by atoms with van der Waals surface area (Å²) in [7, 11) is 0. The molecular weight excluding hydrogens is 184 g/mol. The van der Waals surface area contributed by atoms with Crippen LogP contribution in [-0.2, 0) is 6.42 Å². The van der Waals surface area contributed by atoms with Crippen molar-refractivity contribution in [3.8, 4) is 5.75 Å². The van der Waals surface area contributed by atoms with Gasteiger partial charge in [-0.05, 0) is 55.9 Å². The molecule has 0 radical (unpaired) electrons. The topological polar surface area (TPSA) is 20.2 Å². The summed E-state index contributed by atoms with van der Waals surface area (Å²) in [5.74, 6) is 0.517. The fourth-order valence-electron chi connectivity index (χ4n) is 1.99. The third-order valence-electron chi connectivity index (χ3n) is 3.17. The first kappa shape index (κ1) is 12.1. The first-order valence-electron chi connectivity index (χ1n) is 5.86. The van der Waals surface area contributed by atoms with Crippen molar-refractivity contribution >= 4 is 0 Å². The summed E-state index contributed by atoms with van der Waals surface area (Å²) < 4.78 is 0. The molecular formula is C14H22O. The molecule has 1 nitrogen and oxygen atoms in total. The van der Waals surface area contributed by atoms with Crippen molar-refractivity contribution in [2.75, 3.05) is 0 Å². The van der Waals surface area contributed by atoms with Crippen molar-refractivity contribution in [1.29, 1.82) is 0 Å². The molecule has 0 saturated heterocycles. The fourth-order valence-corrected chi connectivity index (χ4v) is 1.99. The van der Waals surface area contributed by atoms with E-state index in [0.717, 1.165) is 17.5 Å². The number of unbranched alkanes of at least 4 members (excludes halogenated alkanes) is 2. The number of phenolic OH excluding ortho intramolecular Hbond substituents is 1. The number of hydrogen-bond acceptors (Lipinski definition) is 1. The van der Waals surface area contributed by atoms with Gasteiger partial charge in [-0.1, -0.05) is 25.8 Å². The third kappa shape index (κ3) is 2.74. The Bertz CT molecular complexity index is 340. The Morgan fingerprint density at radius 2 is 1.73 bits per heavy atom. The summed E-state index contributed by atoms with van der Waals surface area (Å²) in [6, 6.07) is 2.18. The molecule has 0 aromatic heterocycles. The monoisotopic (exact) mass is 206 g/mol. The molecule has 0 heterocycles. The molecule has 1 rings (SSSR count). The minimum atomic E-state index is 0.517. The van der Waals surface area contributed by atoms with Crippen molar-refractivity contribution in [2.24, 2.45) is 0 Å². The van der Waals surface area contributed by atoms with E-state index < -0.39 is 0 Å². The van der Waals surface area contributed by atoms with Gasteiger partial charge in [-0.3, -0.25) is 0 Å². The van der Waals surface area contributed by atoms with Gasteiger partial charge in [0.05, 0.1) is 0 Å². The normalized spacial score (nSPS) is 10.7. The van der Waals surface area contributed by atoms with Crippen LogP contribution in [0.4, 0.5) is 0 Å². The highest BCUT2D eigenvalue weighted by Crippen LogP contribution is 2.29. The quantitative estimate of drug-likeness (QED) is 0.737. The average molecular weight is 206 g/mol. The van der Waals surface area contributed by atoms with Crippen LogP contribution >= 0.6 is 0 Å². The predicted molar refractivity (Wildman–Crippen MR) is 65.5 cm³/mol. The number of hydrogen-bond donors (Lipinski definition) is 1. The molecule has 1 N–H and O–H groups in total. The molecule has 0 aliphatic heterocycles. The molecule has 1 aromatic carbocycles. The van der Waals surface area contributed by atoms with Crippen LogP contribution in [0, 0.1) is 20.8 Å². The minimum Gasteiger partial charge on any atom is -0.507 e. The van der Waals surface area contributed by atoms with E-state index in [-0.39, 0.29) is 0 Å². The first-order valence-corrected chi connectivity index (χ1v) is 5.86. The van der Waals surface area contributed by atoms with Crippen LogP contribution in [0.3, 0.4) is 0 Å². The van der Waals surface area contributed by atoms with Crippen LogP contribution < -0.4 is 0 Å². The highest BCUT2D eigenvalue weighted by molar-refractivity contribution is 5.48. The van der Waals surface area contributed by atoms with E-state index in [0.29, 0.717) is 5.75 Å². The Labute approximate surface area is 93.1 Å². The van der Waals surface area contributed by atoms with Crippen LogP contribution in [0.25, 0.3) is 0 Å². The van der Waals surface area contributed by atoms with Crippen molar-refractivity contribution < 1.29 is 5.11 Å². The largest absolute Gasteiger partial charge is 0.507 e. The lowest BCUT2D eigenvalue weighted by molar-refractivity contribution is 0.461. The minimum absolute atomic E-state index is 0.517. The van der Waals surface area contributed by atoms with Crippen molar-refractivity contribution in [1.82, 2.24) is 0 Å². The van der Waals surface area contributed by atoms with Gasteiger partial charge in [0.2, 0.25) is 0 Å². The lowest BCUT2D eigenvalue weighted by atomic mass is 9.95. The zero-order valence-electron chi connectivity index (χ0n) is 10.4. The summed E-state index contributed by atoms with van der Waals surface area (Å²) in [5.41, 5.74) is 4.59. The molecule has 0 amide bonds. The summed E-state index contributed by atoms with van der Waals surface area (Å²) in [6.45, 7) is 8.34. The number of rotatable bonds is 4. The lowest BCUT2D eigenvalue weighted by Crippen LogP contribution is -1.95. The molecule has 0 aliphatic rings. The van der Waals surface area contributed by atoms with E-state index in [1.54, 1.807) is 0 Å². The Kier molecular flexibility index (Phi) is 4.19. The highest BCUT2D eigenvalue weighted by atomic mass is 16.3. The maximum Gasteiger partial charge on any atom is 0.122 e. The zero-order valence-corrected chi connectivity index (χ0v) is 10.4. The summed E-state index contributed by atoms with van der Waals surface area (Å²) in [4.78, 5) is 0. The van der Waals surface area contributed by atoms with Crippen molar-refractivity contribution in [3.63, 3.8) is 0 Å². The highest BCUT2D eigenvalue weighted by Gasteiger charge is 2.09. The van der Waals surface area contributed by atoms with Crippen LogP contribution in [0.2, 0.25) is 0 Å². The second-order valence-corrected chi connectivity index (χ2v) is 4.42. The van der Waals surface area contributed by atoms with Crippen LogP contribution in [-0.4, -0.2) is 5.11 Å². The van der Waals surface area contributed by atoms with E-state index in [4.69, 9.17) is 0 Å². The summed E-state index contributed by atoms with van der Waals surface area (Å²) >= 11 is 0. The number of aromatic hydroxyl groups is 1.